The fraction of sp³-hybridized carbons (Fsp3) is 0.533. The number of aliphatic hydroxyl groups is 1. The van der Waals surface area contributed by atoms with Crippen LogP contribution in [0.4, 0.5) is 0 Å². The van der Waals surface area contributed by atoms with E-state index in [1.165, 1.54) is 5.56 Å². The number of carbonyl (C=O) groups is 1. The molecule has 0 saturated carbocycles. The predicted molar refractivity (Wildman–Crippen MR) is 73.3 cm³/mol. The lowest BCUT2D eigenvalue weighted by atomic mass is 10.0. The van der Waals surface area contributed by atoms with Crippen molar-refractivity contribution in [3.63, 3.8) is 0 Å². The summed E-state index contributed by atoms with van der Waals surface area (Å²) in [7, 11) is 0. The van der Waals surface area contributed by atoms with Gasteiger partial charge in [0.25, 0.3) is 0 Å². The van der Waals surface area contributed by atoms with Crippen molar-refractivity contribution in [3.05, 3.63) is 35.4 Å². The van der Waals surface area contributed by atoms with E-state index in [0.29, 0.717) is 25.3 Å². The Labute approximate surface area is 109 Å². The van der Waals surface area contributed by atoms with E-state index >= 15 is 0 Å². The van der Waals surface area contributed by atoms with E-state index in [9.17, 15) is 4.79 Å². The third kappa shape index (κ3) is 5.32. The molecule has 3 heteroatoms. The second kappa shape index (κ2) is 7.88. The molecule has 0 aromatic heterocycles. The Morgan fingerprint density at radius 1 is 1.22 bits per heavy atom. The Morgan fingerprint density at radius 2 is 1.89 bits per heavy atom. The molecule has 1 aromatic carbocycles. The van der Waals surface area contributed by atoms with E-state index in [-0.39, 0.29) is 12.5 Å². The number of aliphatic hydroxyl groups excluding tert-OH is 1. The smallest absolute Gasteiger partial charge is 0.220 e. The molecule has 0 saturated heterocycles. The third-order valence-electron chi connectivity index (χ3n) is 2.95. The summed E-state index contributed by atoms with van der Waals surface area (Å²) >= 11 is 0. The van der Waals surface area contributed by atoms with Crippen molar-refractivity contribution >= 4 is 5.91 Å². The molecule has 0 spiro atoms. The third-order valence-corrected chi connectivity index (χ3v) is 2.95. The molecule has 0 aliphatic carbocycles. The number of hydrogen-bond donors (Lipinski definition) is 2. The molecular formula is C15H23NO2. The van der Waals surface area contributed by atoms with Gasteiger partial charge in [-0.25, -0.2) is 0 Å². The van der Waals surface area contributed by atoms with Crippen LogP contribution in [0.25, 0.3) is 0 Å². The molecule has 1 rings (SSSR count). The van der Waals surface area contributed by atoms with E-state index in [2.05, 4.69) is 43.4 Å². The van der Waals surface area contributed by atoms with Gasteiger partial charge in [-0.15, -0.1) is 0 Å². The Morgan fingerprint density at radius 3 is 2.44 bits per heavy atom. The fourth-order valence-corrected chi connectivity index (χ4v) is 1.71. The number of carbonyl (C=O) groups excluding carboxylic acids is 1. The first-order chi connectivity index (χ1) is 8.63. The minimum atomic E-state index is 0.0522. The summed E-state index contributed by atoms with van der Waals surface area (Å²) in [5, 5.41) is 11.5. The maximum atomic E-state index is 11.5. The molecule has 100 valence electrons. The molecule has 0 heterocycles. The molecule has 0 atom stereocenters. The highest BCUT2D eigenvalue weighted by molar-refractivity contribution is 5.75. The fourth-order valence-electron chi connectivity index (χ4n) is 1.71. The average molecular weight is 249 g/mol. The average Bonchev–Trinajstić information content (AvgIpc) is 2.37. The van der Waals surface area contributed by atoms with Crippen LogP contribution in [0, 0.1) is 0 Å². The molecule has 0 fully saturated rings. The zero-order chi connectivity index (χ0) is 13.4. The monoisotopic (exact) mass is 249 g/mol. The Balaban J connectivity index is 2.32. The lowest BCUT2D eigenvalue weighted by Gasteiger charge is -2.08. The van der Waals surface area contributed by atoms with Gasteiger partial charge >= 0.3 is 0 Å². The Bertz CT molecular complexity index is 357. The quantitative estimate of drug-likeness (QED) is 0.730. The van der Waals surface area contributed by atoms with E-state index in [0.717, 1.165) is 12.0 Å². The molecule has 1 aromatic rings. The van der Waals surface area contributed by atoms with Crippen LogP contribution in [-0.2, 0) is 11.3 Å². The SMILES string of the molecule is CC(C)c1ccc(CNC(=O)CCCCO)cc1. The van der Waals surface area contributed by atoms with Crippen LogP contribution in [0.3, 0.4) is 0 Å². The van der Waals surface area contributed by atoms with Crippen molar-refractivity contribution < 1.29 is 9.90 Å². The van der Waals surface area contributed by atoms with Crippen LogP contribution in [0.5, 0.6) is 0 Å². The summed E-state index contributed by atoms with van der Waals surface area (Å²) < 4.78 is 0. The summed E-state index contributed by atoms with van der Waals surface area (Å²) in [5.74, 6) is 0.587. The number of unbranched alkanes of at least 4 members (excludes halogenated alkanes) is 1. The first-order valence-corrected chi connectivity index (χ1v) is 6.60. The van der Waals surface area contributed by atoms with Gasteiger partial charge in [0.1, 0.15) is 0 Å². The zero-order valence-corrected chi connectivity index (χ0v) is 11.3. The van der Waals surface area contributed by atoms with Gasteiger partial charge in [0.15, 0.2) is 0 Å². The van der Waals surface area contributed by atoms with Crippen LogP contribution in [0.2, 0.25) is 0 Å². The van der Waals surface area contributed by atoms with Crippen molar-refractivity contribution in [2.75, 3.05) is 6.61 Å². The predicted octanol–water partition coefficient (Wildman–Crippen LogP) is 2.59. The van der Waals surface area contributed by atoms with Crippen LogP contribution in [-0.4, -0.2) is 17.6 Å². The molecule has 0 bridgehead atoms. The molecule has 2 N–H and O–H groups in total. The number of benzene rings is 1. The standard InChI is InChI=1S/C15H23NO2/c1-12(2)14-8-6-13(7-9-14)11-16-15(18)5-3-4-10-17/h6-9,12,17H,3-5,10-11H2,1-2H3,(H,16,18). The van der Waals surface area contributed by atoms with Gasteiger partial charge in [-0.3, -0.25) is 4.79 Å². The molecule has 18 heavy (non-hydrogen) atoms. The summed E-state index contributed by atoms with van der Waals surface area (Å²) in [6, 6.07) is 8.34. The maximum absolute atomic E-state index is 11.5. The molecule has 0 unspecified atom stereocenters. The van der Waals surface area contributed by atoms with Crippen LogP contribution >= 0.6 is 0 Å². The van der Waals surface area contributed by atoms with Gasteiger partial charge in [-0.1, -0.05) is 38.1 Å². The molecule has 0 radical (unpaired) electrons. The van der Waals surface area contributed by atoms with Crippen molar-refractivity contribution in [1.82, 2.24) is 5.32 Å². The van der Waals surface area contributed by atoms with Gasteiger partial charge < -0.3 is 10.4 Å². The number of amides is 1. The second-order valence-corrected chi connectivity index (χ2v) is 4.85. The summed E-state index contributed by atoms with van der Waals surface area (Å²) in [4.78, 5) is 11.5. The van der Waals surface area contributed by atoms with E-state index < -0.39 is 0 Å². The minimum absolute atomic E-state index is 0.0522. The molecule has 0 aliphatic heterocycles. The van der Waals surface area contributed by atoms with Crippen molar-refractivity contribution in [1.29, 1.82) is 0 Å². The second-order valence-electron chi connectivity index (χ2n) is 4.85. The van der Waals surface area contributed by atoms with Gasteiger partial charge in [-0.05, 0) is 29.9 Å². The largest absolute Gasteiger partial charge is 0.396 e. The highest BCUT2D eigenvalue weighted by Gasteiger charge is 2.02. The minimum Gasteiger partial charge on any atom is -0.396 e. The summed E-state index contributed by atoms with van der Waals surface area (Å²) in [6.07, 6.45) is 1.93. The number of hydrogen-bond acceptors (Lipinski definition) is 2. The van der Waals surface area contributed by atoms with E-state index in [4.69, 9.17) is 5.11 Å². The van der Waals surface area contributed by atoms with Crippen LogP contribution in [0.15, 0.2) is 24.3 Å². The normalized spacial score (nSPS) is 10.7. The Kier molecular flexibility index (Phi) is 6.44. The highest BCUT2D eigenvalue weighted by Crippen LogP contribution is 2.14. The number of nitrogens with one attached hydrogen (secondary N) is 1. The Hall–Kier alpha value is -1.35. The molecular weight excluding hydrogens is 226 g/mol. The molecule has 1 amide bonds. The number of rotatable bonds is 7. The van der Waals surface area contributed by atoms with Crippen LogP contribution < -0.4 is 5.32 Å². The van der Waals surface area contributed by atoms with Crippen molar-refractivity contribution in [2.45, 2.75) is 45.6 Å². The maximum Gasteiger partial charge on any atom is 0.220 e. The lowest BCUT2D eigenvalue weighted by molar-refractivity contribution is -0.121. The van der Waals surface area contributed by atoms with E-state index in [1.807, 2.05) is 0 Å². The van der Waals surface area contributed by atoms with Crippen molar-refractivity contribution in [3.8, 4) is 0 Å². The van der Waals surface area contributed by atoms with Gasteiger partial charge in [0.2, 0.25) is 5.91 Å². The lowest BCUT2D eigenvalue weighted by Crippen LogP contribution is -2.22. The highest BCUT2D eigenvalue weighted by atomic mass is 16.2. The topological polar surface area (TPSA) is 49.3 Å². The van der Waals surface area contributed by atoms with Crippen LogP contribution in [0.1, 0.15) is 50.2 Å². The molecule has 0 aliphatic rings. The summed E-state index contributed by atoms with van der Waals surface area (Å²) in [6.45, 7) is 5.07. The van der Waals surface area contributed by atoms with Gasteiger partial charge in [-0.2, -0.15) is 0 Å². The van der Waals surface area contributed by atoms with Crippen molar-refractivity contribution in [2.24, 2.45) is 0 Å². The van der Waals surface area contributed by atoms with E-state index in [1.54, 1.807) is 0 Å². The first kappa shape index (κ1) is 14.7. The van der Waals surface area contributed by atoms with Gasteiger partial charge in [0, 0.05) is 19.6 Å². The zero-order valence-electron chi connectivity index (χ0n) is 11.3. The molecule has 3 nitrogen and oxygen atoms in total. The first-order valence-electron chi connectivity index (χ1n) is 6.60. The summed E-state index contributed by atoms with van der Waals surface area (Å²) in [5.41, 5.74) is 2.43. The van der Waals surface area contributed by atoms with Gasteiger partial charge in [0.05, 0.1) is 0 Å².